The van der Waals surface area contributed by atoms with Gasteiger partial charge in [0.25, 0.3) is 5.91 Å². The Morgan fingerprint density at radius 2 is 2.31 bits per heavy atom. The van der Waals surface area contributed by atoms with Crippen LogP contribution in [-0.4, -0.2) is 16.9 Å². The number of hydrogen-bond donors (Lipinski definition) is 3. The van der Waals surface area contributed by atoms with Crippen LogP contribution in [0, 0.1) is 5.92 Å². The van der Waals surface area contributed by atoms with Gasteiger partial charge in [0.05, 0.1) is 0 Å². The van der Waals surface area contributed by atoms with Crippen LogP contribution in [0.4, 0.5) is 5.82 Å². The third-order valence-corrected chi connectivity index (χ3v) is 2.82. The highest BCUT2D eigenvalue weighted by Gasteiger charge is 2.34. The third-order valence-electron chi connectivity index (χ3n) is 2.63. The molecule has 5 nitrogen and oxygen atoms in total. The number of carbonyl (C=O) groups is 1. The fourth-order valence-corrected chi connectivity index (χ4v) is 1.69. The molecule has 1 amide bonds. The van der Waals surface area contributed by atoms with Crippen LogP contribution in [0.5, 0.6) is 0 Å². The molecule has 16 heavy (non-hydrogen) atoms. The first-order chi connectivity index (χ1) is 7.60. The summed E-state index contributed by atoms with van der Waals surface area (Å²) in [6.45, 7) is 2.09. The lowest BCUT2D eigenvalue weighted by atomic mass is 10.2. The van der Waals surface area contributed by atoms with E-state index in [1.165, 1.54) is 6.07 Å². The molecular formula is C10H13ClN4O. The fraction of sp³-hybridized carbons (Fsp3) is 0.400. The third kappa shape index (κ3) is 2.43. The maximum atomic E-state index is 11.8. The Bertz CT molecular complexity index is 423. The van der Waals surface area contributed by atoms with Crippen LogP contribution >= 0.6 is 11.6 Å². The second kappa shape index (κ2) is 4.27. The summed E-state index contributed by atoms with van der Waals surface area (Å²) in [7, 11) is 0. The van der Waals surface area contributed by atoms with E-state index in [1.54, 1.807) is 6.07 Å². The van der Waals surface area contributed by atoms with E-state index < -0.39 is 0 Å². The van der Waals surface area contributed by atoms with Gasteiger partial charge >= 0.3 is 0 Å². The molecule has 0 saturated heterocycles. The number of nitrogen functional groups attached to an aromatic ring is 1. The number of nitrogens with zero attached hydrogens (tertiary/aromatic N) is 1. The molecule has 1 saturated carbocycles. The van der Waals surface area contributed by atoms with E-state index in [9.17, 15) is 4.79 Å². The van der Waals surface area contributed by atoms with Crippen molar-refractivity contribution in [2.24, 2.45) is 11.8 Å². The van der Waals surface area contributed by atoms with Gasteiger partial charge in [-0.15, -0.1) is 0 Å². The van der Waals surface area contributed by atoms with Gasteiger partial charge in [-0.25, -0.2) is 10.8 Å². The Balaban J connectivity index is 2.12. The number of carbonyl (C=O) groups excluding carboxylic acids is 1. The zero-order valence-electron chi connectivity index (χ0n) is 8.83. The molecule has 0 bridgehead atoms. The van der Waals surface area contributed by atoms with Crippen molar-refractivity contribution < 1.29 is 4.79 Å². The first-order valence-electron chi connectivity index (χ1n) is 5.05. The van der Waals surface area contributed by atoms with Crippen LogP contribution in [0.2, 0.25) is 5.15 Å². The van der Waals surface area contributed by atoms with Gasteiger partial charge in [-0.3, -0.25) is 4.79 Å². The largest absolute Gasteiger partial charge is 0.349 e. The van der Waals surface area contributed by atoms with E-state index in [0.717, 1.165) is 6.42 Å². The maximum Gasteiger partial charge on any atom is 0.251 e. The van der Waals surface area contributed by atoms with Crippen molar-refractivity contribution in [1.82, 2.24) is 10.3 Å². The van der Waals surface area contributed by atoms with E-state index in [4.69, 9.17) is 17.4 Å². The zero-order valence-corrected chi connectivity index (χ0v) is 9.58. The predicted octanol–water partition coefficient (Wildman–Crippen LogP) is 1.16. The average Bonchev–Trinajstić information content (AvgIpc) is 2.93. The zero-order chi connectivity index (χ0) is 11.7. The van der Waals surface area contributed by atoms with Crippen molar-refractivity contribution in [2.45, 2.75) is 19.4 Å². The number of amides is 1. The maximum absolute atomic E-state index is 11.8. The second-order valence-electron chi connectivity index (χ2n) is 4.00. The highest BCUT2D eigenvalue weighted by Crippen LogP contribution is 2.29. The van der Waals surface area contributed by atoms with Crippen LogP contribution in [0.25, 0.3) is 0 Å². The Labute approximate surface area is 98.3 Å². The van der Waals surface area contributed by atoms with Crippen LogP contribution in [-0.2, 0) is 0 Å². The molecule has 2 rings (SSSR count). The number of hydrazine groups is 1. The van der Waals surface area contributed by atoms with Crippen LogP contribution in [0.1, 0.15) is 23.7 Å². The van der Waals surface area contributed by atoms with Gasteiger partial charge < -0.3 is 10.7 Å². The summed E-state index contributed by atoms with van der Waals surface area (Å²) >= 11 is 5.77. The molecule has 1 heterocycles. The summed E-state index contributed by atoms with van der Waals surface area (Å²) in [5.41, 5.74) is 2.83. The van der Waals surface area contributed by atoms with Crippen molar-refractivity contribution in [2.75, 3.05) is 5.43 Å². The molecule has 1 fully saturated rings. The van der Waals surface area contributed by atoms with Gasteiger partial charge in [-0.05, 0) is 24.5 Å². The molecule has 1 aromatic heterocycles. The molecular weight excluding hydrogens is 228 g/mol. The topological polar surface area (TPSA) is 80.0 Å². The molecule has 0 radical (unpaired) electrons. The Morgan fingerprint density at radius 1 is 1.62 bits per heavy atom. The van der Waals surface area contributed by atoms with Crippen LogP contribution in [0.3, 0.4) is 0 Å². The van der Waals surface area contributed by atoms with Crippen LogP contribution in [0.15, 0.2) is 12.1 Å². The van der Waals surface area contributed by atoms with Crippen molar-refractivity contribution >= 4 is 23.3 Å². The summed E-state index contributed by atoms with van der Waals surface area (Å²) in [6.07, 6.45) is 1.03. The number of rotatable bonds is 3. The van der Waals surface area contributed by atoms with Crippen molar-refractivity contribution in [3.05, 3.63) is 22.8 Å². The lowest BCUT2D eigenvalue weighted by molar-refractivity contribution is 0.0949. The first-order valence-corrected chi connectivity index (χ1v) is 5.43. The van der Waals surface area contributed by atoms with Gasteiger partial charge in [0.2, 0.25) is 0 Å². The Kier molecular flexibility index (Phi) is 2.98. The Hall–Kier alpha value is -1.33. The molecule has 6 heteroatoms. The molecule has 2 unspecified atom stereocenters. The summed E-state index contributed by atoms with van der Waals surface area (Å²) in [5, 5.41) is 3.14. The van der Waals surface area contributed by atoms with E-state index >= 15 is 0 Å². The number of nitrogens with two attached hydrogens (primary N) is 1. The number of halogens is 1. The SMILES string of the molecule is CC1CC1NC(=O)c1cc(Cl)nc(NN)c1. The molecule has 0 spiro atoms. The van der Waals surface area contributed by atoms with Crippen molar-refractivity contribution in [3.63, 3.8) is 0 Å². The minimum Gasteiger partial charge on any atom is -0.349 e. The first kappa shape index (κ1) is 11.2. The van der Waals surface area contributed by atoms with Gasteiger partial charge in [-0.1, -0.05) is 18.5 Å². The van der Waals surface area contributed by atoms with Crippen LogP contribution < -0.4 is 16.6 Å². The molecule has 0 aromatic carbocycles. The molecule has 1 aliphatic carbocycles. The van der Waals surface area contributed by atoms with E-state index in [2.05, 4.69) is 22.7 Å². The quantitative estimate of drug-likeness (QED) is 0.421. The second-order valence-corrected chi connectivity index (χ2v) is 4.39. The van der Waals surface area contributed by atoms with E-state index in [-0.39, 0.29) is 17.1 Å². The molecule has 0 aliphatic heterocycles. The lowest BCUT2D eigenvalue weighted by Crippen LogP contribution is -2.26. The summed E-state index contributed by atoms with van der Waals surface area (Å²) in [6, 6.07) is 3.37. The highest BCUT2D eigenvalue weighted by atomic mass is 35.5. The molecule has 2 atom stereocenters. The van der Waals surface area contributed by atoms with E-state index in [0.29, 0.717) is 17.3 Å². The number of anilines is 1. The van der Waals surface area contributed by atoms with Gasteiger partial charge in [0, 0.05) is 11.6 Å². The highest BCUT2D eigenvalue weighted by molar-refractivity contribution is 6.29. The fourth-order valence-electron chi connectivity index (χ4n) is 1.48. The van der Waals surface area contributed by atoms with Crippen molar-refractivity contribution in [1.29, 1.82) is 0 Å². The molecule has 4 N–H and O–H groups in total. The number of pyridine rings is 1. The Morgan fingerprint density at radius 3 is 2.88 bits per heavy atom. The smallest absolute Gasteiger partial charge is 0.251 e. The van der Waals surface area contributed by atoms with E-state index in [1.807, 2.05) is 0 Å². The minimum atomic E-state index is -0.143. The summed E-state index contributed by atoms with van der Waals surface area (Å²) < 4.78 is 0. The average molecular weight is 241 g/mol. The van der Waals surface area contributed by atoms with Gasteiger partial charge in [-0.2, -0.15) is 0 Å². The monoisotopic (exact) mass is 240 g/mol. The molecule has 1 aliphatic rings. The molecule has 1 aromatic rings. The van der Waals surface area contributed by atoms with Gasteiger partial charge in [0.15, 0.2) is 0 Å². The summed E-state index contributed by atoms with van der Waals surface area (Å²) in [5.74, 6) is 6.02. The molecule has 86 valence electrons. The number of nitrogens with one attached hydrogen (secondary N) is 2. The summed E-state index contributed by atoms with van der Waals surface area (Å²) in [4.78, 5) is 15.7. The van der Waals surface area contributed by atoms with Gasteiger partial charge in [0.1, 0.15) is 11.0 Å². The standard InChI is InChI=1S/C10H13ClN4O/c1-5-2-7(5)13-10(16)6-3-8(11)14-9(4-6)15-12/h3-5,7H,2,12H2,1H3,(H,13,16)(H,14,15). The minimum absolute atomic E-state index is 0.143. The lowest BCUT2D eigenvalue weighted by Gasteiger charge is -2.06. The van der Waals surface area contributed by atoms with Crippen molar-refractivity contribution in [3.8, 4) is 0 Å². The predicted molar refractivity (Wildman–Crippen MR) is 62.1 cm³/mol. The normalized spacial score (nSPS) is 22.7. The number of hydrogen-bond acceptors (Lipinski definition) is 4. The number of aromatic nitrogens is 1.